The topological polar surface area (TPSA) is 36.4 Å². The van der Waals surface area contributed by atoms with Crippen molar-refractivity contribution in [2.45, 2.75) is 6.42 Å². The largest absolute Gasteiger partial charge is 0.361 e. The van der Waals surface area contributed by atoms with Crippen LogP contribution in [0.1, 0.15) is 17.5 Å². The molecule has 0 unspecified atom stereocenters. The third-order valence-electron chi connectivity index (χ3n) is 2.00. The predicted molar refractivity (Wildman–Crippen MR) is 55.1 cm³/mol. The van der Waals surface area contributed by atoms with Gasteiger partial charge in [-0.3, -0.25) is 0 Å². The molecular formula is C10H9ClN2. The molecule has 2 rings (SSSR count). The summed E-state index contributed by atoms with van der Waals surface area (Å²) in [6.45, 7) is 0. The minimum absolute atomic E-state index is 0. The number of allylic oxidation sites excluding steroid dienone is 1. The first-order chi connectivity index (χ1) is 5.92. The van der Waals surface area contributed by atoms with E-state index in [4.69, 9.17) is 5.53 Å². The van der Waals surface area contributed by atoms with E-state index in [0.717, 1.165) is 16.8 Å². The summed E-state index contributed by atoms with van der Waals surface area (Å²) in [6.07, 6.45) is 4.76. The quantitative estimate of drug-likeness (QED) is 0.448. The summed E-state index contributed by atoms with van der Waals surface area (Å²) in [5.74, 6) is 0. The molecule has 0 fully saturated rings. The van der Waals surface area contributed by atoms with Gasteiger partial charge in [0.2, 0.25) is 0 Å². The van der Waals surface area contributed by atoms with Crippen molar-refractivity contribution in [3.63, 3.8) is 0 Å². The van der Waals surface area contributed by atoms with Crippen LogP contribution in [0.15, 0.2) is 30.3 Å². The summed E-state index contributed by atoms with van der Waals surface area (Å²) in [7, 11) is 0. The summed E-state index contributed by atoms with van der Waals surface area (Å²) in [5, 5.41) is 0. The third-order valence-corrected chi connectivity index (χ3v) is 2.00. The Kier molecular flexibility index (Phi) is 3.02. The molecule has 1 aliphatic rings. The molecule has 0 saturated carbocycles. The van der Waals surface area contributed by atoms with Crippen molar-refractivity contribution < 1.29 is 4.79 Å². The van der Waals surface area contributed by atoms with E-state index in [9.17, 15) is 0 Å². The normalized spacial score (nSPS) is 12.8. The fraction of sp³-hybridized carbons (Fsp3) is 0.100. The van der Waals surface area contributed by atoms with Crippen LogP contribution in [0.5, 0.6) is 0 Å². The molecule has 0 bridgehead atoms. The second kappa shape index (κ2) is 4.04. The zero-order valence-corrected chi connectivity index (χ0v) is 7.79. The fourth-order valence-corrected chi connectivity index (χ4v) is 1.41. The van der Waals surface area contributed by atoms with E-state index in [-0.39, 0.29) is 12.4 Å². The number of rotatable bonds is 0. The first kappa shape index (κ1) is 9.72. The summed E-state index contributed by atoms with van der Waals surface area (Å²) in [4.78, 5) is 3.25. The molecule has 1 aliphatic carbocycles. The SMILES string of the molecule is Cl.[N-]=[N+]=C1CC=Cc2ccccc21. The van der Waals surface area contributed by atoms with Crippen molar-refractivity contribution in [3.8, 4) is 0 Å². The molecular weight excluding hydrogens is 184 g/mol. The molecule has 0 N–H and O–H groups in total. The second-order valence-corrected chi connectivity index (χ2v) is 2.74. The van der Waals surface area contributed by atoms with Gasteiger partial charge in [0.05, 0.1) is 12.0 Å². The number of hydrogen-bond donors (Lipinski definition) is 0. The number of fused-ring (bicyclic) bond motifs is 1. The molecule has 0 atom stereocenters. The van der Waals surface area contributed by atoms with Gasteiger partial charge in [0.25, 0.3) is 0 Å². The molecule has 3 heteroatoms. The Balaban J connectivity index is 0.000000845. The smallest absolute Gasteiger partial charge is 0.303 e. The molecule has 0 saturated heterocycles. The summed E-state index contributed by atoms with van der Waals surface area (Å²) >= 11 is 0. The Morgan fingerprint density at radius 3 is 2.77 bits per heavy atom. The van der Waals surface area contributed by atoms with E-state index in [2.05, 4.69) is 4.79 Å². The average molecular weight is 193 g/mol. The van der Waals surface area contributed by atoms with Crippen LogP contribution in [0.4, 0.5) is 0 Å². The van der Waals surface area contributed by atoms with Crippen LogP contribution < -0.4 is 0 Å². The number of nitrogens with zero attached hydrogens (tertiary/aromatic N) is 2. The monoisotopic (exact) mass is 192 g/mol. The molecule has 66 valence electrons. The summed E-state index contributed by atoms with van der Waals surface area (Å²) in [6, 6.07) is 7.90. The van der Waals surface area contributed by atoms with Crippen LogP contribution in [0.3, 0.4) is 0 Å². The lowest BCUT2D eigenvalue weighted by Crippen LogP contribution is -2.06. The Morgan fingerprint density at radius 1 is 1.23 bits per heavy atom. The van der Waals surface area contributed by atoms with Gasteiger partial charge in [-0.25, -0.2) is 0 Å². The molecule has 1 aromatic carbocycles. The summed E-state index contributed by atoms with van der Waals surface area (Å²) in [5.41, 5.74) is 11.6. The highest BCUT2D eigenvalue weighted by Gasteiger charge is 2.16. The Bertz CT molecular complexity index is 390. The third kappa shape index (κ3) is 1.69. The van der Waals surface area contributed by atoms with E-state index in [0.29, 0.717) is 6.42 Å². The lowest BCUT2D eigenvalue weighted by Gasteiger charge is -2.04. The first-order valence-electron chi connectivity index (χ1n) is 3.88. The molecule has 2 nitrogen and oxygen atoms in total. The van der Waals surface area contributed by atoms with Gasteiger partial charge in [0.15, 0.2) is 0 Å². The van der Waals surface area contributed by atoms with Crippen LogP contribution in [0.2, 0.25) is 0 Å². The van der Waals surface area contributed by atoms with E-state index in [1.807, 2.05) is 36.4 Å². The van der Waals surface area contributed by atoms with Crippen LogP contribution in [-0.4, -0.2) is 10.5 Å². The van der Waals surface area contributed by atoms with Gasteiger partial charge in [-0.15, -0.1) is 12.4 Å². The zero-order chi connectivity index (χ0) is 8.39. The number of hydrogen-bond acceptors (Lipinski definition) is 0. The Hall–Kier alpha value is -1.37. The molecule has 0 aromatic heterocycles. The Labute approximate surface area is 82.9 Å². The Morgan fingerprint density at radius 2 is 2.00 bits per heavy atom. The molecule has 0 aliphatic heterocycles. The van der Waals surface area contributed by atoms with Gasteiger partial charge < -0.3 is 5.53 Å². The molecule has 0 radical (unpaired) electrons. The maximum Gasteiger partial charge on any atom is 0.303 e. The molecule has 0 amide bonds. The van der Waals surface area contributed by atoms with Crippen molar-refractivity contribution >= 4 is 24.2 Å². The van der Waals surface area contributed by atoms with Gasteiger partial charge in [0, 0.05) is 0 Å². The molecule has 0 spiro atoms. The minimum atomic E-state index is 0. The highest BCUT2D eigenvalue weighted by Crippen LogP contribution is 2.17. The van der Waals surface area contributed by atoms with E-state index in [1.165, 1.54) is 0 Å². The minimum Gasteiger partial charge on any atom is -0.361 e. The van der Waals surface area contributed by atoms with Crippen LogP contribution in [-0.2, 0) is 0 Å². The van der Waals surface area contributed by atoms with Crippen LogP contribution in [0, 0.1) is 0 Å². The molecule has 1 aromatic rings. The van der Waals surface area contributed by atoms with Crippen molar-refractivity contribution in [2.75, 3.05) is 0 Å². The van der Waals surface area contributed by atoms with Crippen LogP contribution >= 0.6 is 12.4 Å². The zero-order valence-electron chi connectivity index (χ0n) is 6.97. The molecule has 13 heavy (non-hydrogen) atoms. The highest BCUT2D eigenvalue weighted by atomic mass is 35.5. The average Bonchev–Trinajstić information content (AvgIpc) is 2.17. The summed E-state index contributed by atoms with van der Waals surface area (Å²) < 4.78 is 0. The van der Waals surface area contributed by atoms with Crippen molar-refractivity contribution in [2.24, 2.45) is 0 Å². The number of halogens is 1. The first-order valence-corrected chi connectivity index (χ1v) is 3.88. The van der Waals surface area contributed by atoms with Crippen molar-refractivity contribution in [3.05, 3.63) is 47.0 Å². The maximum atomic E-state index is 8.69. The fourth-order valence-electron chi connectivity index (χ4n) is 1.41. The van der Waals surface area contributed by atoms with Crippen LogP contribution in [0.25, 0.3) is 11.6 Å². The van der Waals surface area contributed by atoms with Gasteiger partial charge in [-0.1, -0.05) is 30.4 Å². The molecule has 0 heterocycles. The standard InChI is InChI=1S/C10H8N2.ClH/c11-12-10-7-3-5-8-4-1-2-6-9(8)10;/h1-6H,7H2;1H. The van der Waals surface area contributed by atoms with E-state index < -0.39 is 0 Å². The van der Waals surface area contributed by atoms with Gasteiger partial charge >= 0.3 is 5.71 Å². The van der Waals surface area contributed by atoms with Gasteiger partial charge in [0.1, 0.15) is 0 Å². The van der Waals surface area contributed by atoms with E-state index in [1.54, 1.807) is 0 Å². The maximum absolute atomic E-state index is 8.69. The predicted octanol–water partition coefficient (Wildman–Crippen LogP) is 2.54. The lowest BCUT2D eigenvalue weighted by molar-refractivity contribution is -0.00606. The van der Waals surface area contributed by atoms with Gasteiger partial charge in [-0.2, -0.15) is 4.79 Å². The lowest BCUT2D eigenvalue weighted by atomic mass is 9.96. The van der Waals surface area contributed by atoms with Crippen molar-refractivity contribution in [1.82, 2.24) is 0 Å². The van der Waals surface area contributed by atoms with Crippen molar-refractivity contribution in [1.29, 1.82) is 0 Å². The van der Waals surface area contributed by atoms with Gasteiger partial charge in [-0.05, 0) is 11.6 Å². The van der Waals surface area contributed by atoms with E-state index >= 15 is 0 Å². The highest BCUT2D eigenvalue weighted by molar-refractivity contribution is 6.02. The second-order valence-electron chi connectivity index (χ2n) is 2.74. The number of benzene rings is 1.